The minimum atomic E-state index is -4.95. The first-order valence-corrected chi connectivity index (χ1v) is 42.6. The Bertz CT molecular complexity index is 1820. The number of aliphatic hydroxyl groups excluding tert-OH is 1. The molecule has 0 aliphatic rings. The standard InChI is InChI=1S/C76H148O17P2/c1-6-9-12-15-17-19-21-23-25-27-29-31-33-35-37-39-41-45-50-55-60-74(79)87-66-72(93-75(80)61-56-51-46-42-40-38-36-34-32-30-28-26-24-22-20-18-16-13-10-7-2)68-91-95(84,85)89-64-70(77)63-88-94(82,83)90-67-71(65-86-73(78)59-54-48-14-11-8-3)92-76(81)62-57-52-47-43-44-49-53-58-69(4)5/h69-72,77H,6-68H2,1-5H3,(H,82,83)(H,84,85)/t70-,71+,72+/m0/s1. The molecule has 0 aromatic heterocycles. The molecule has 0 heterocycles. The normalized spacial score (nSPS) is 13.9. The predicted molar refractivity (Wildman–Crippen MR) is 386 cm³/mol. The molecule has 0 aliphatic heterocycles. The minimum absolute atomic E-state index is 0.103. The molecule has 5 atom stereocenters. The van der Waals surface area contributed by atoms with Gasteiger partial charge in [0.2, 0.25) is 0 Å². The van der Waals surface area contributed by atoms with Gasteiger partial charge in [0.1, 0.15) is 19.3 Å². The highest BCUT2D eigenvalue weighted by molar-refractivity contribution is 7.47. The number of hydrogen-bond acceptors (Lipinski definition) is 15. The van der Waals surface area contributed by atoms with Crippen LogP contribution in [0.4, 0.5) is 0 Å². The van der Waals surface area contributed by atoms with E-state index in [0.717, 1.165) is 96.3 Å². The molecular weight excluding hydrogens is 1250 g/mol. The van der Waals surface area contributed by atoms with Gasteiger partial charge in [0.05, 0.1) is 26.4 Å². The lowest BCUT2D eigenvalue weighted by Gasteiger charge is -2.21. The zero-order valence-electron chi connectivity index (χ0n) is 61.8. The van der Waals surface area contributed by atoms with Crippen molar-refractivity contribution in [3.63, 3.8) is 0 Å². The molecule has 0 fully saturated rings. The van der Waals surface area contributed by atoms with Crippen LogP contribution < -0.4 is 0 Å². The Kier molecular flexibility index (Phi) is 67.7. The fourth-order valence-corrected chi connectivity index (χ4v) is 13.3. The number of carbonyl (C=O) groups excluding carboxylic acids is 4. The van der Waals surface area contributed by atoms with Gasteiger partial charge in [-0.05, 0) is 31.6 Å². The summed E-state index contributed by atoms with van der Waals surface area (Å²) in [7, 11) is -9.90. The Morgan fingerprint density at radius 3 is 0.716 bits per heavy atom. The van der Waals surface area contributed by atoms with Crippen LogP contribution in [0.25, 0.3) is 0 Å². The van der Waals surface area contributed by atoms with E-state index in [1.807, 2.05) is 0 Å². The topological polar surface area (TPSA) is 237 Å². The van der Waals surface area contributed by atoms with Crippen molar-refractivity contribution in [3.05, 3.63) is 0 Å². The van der Waals surface area contributed by atoms with Crippen LogP contribution in [0.3, 0.4) is 0 Å². The maximum absolute atomic E-state index is 13.1. The van der Waals surface area contributed by atoms with Gasteiger partial charge < -0.3 is 33.8 Å². The van der Waals surface area contributed by atoms with Crippen molar-refractivity contribution >= 4 is 39.5 Å². The number of aliphatic hydroxyl groups is 1. The predicted octanol–water partition coefficient (Wildman–Crippen LogP) is 22.5. The van der Waals surface area contributed by atoms with E-state index < -0.39 is 97.5 Å². The van der Waals surface area contributed by atoms with Crippen molar-refractivity contribution in [1.82, 2.24) is 0 Å². The molecule has 0 radical (unpaired) electrons. The van der Waals surface area contributed by atoms with E-state index >= 15 is 0 Å². The van der Waals surface area contributed by atoms with Crippen molar-refractivity contribution in [2.45, 2.75) is 419 Å². The molecule has 0 rings (SSSR count). The molecule has 0 aromatic rings. The molecule has 0 saturated carbocycles. The van der Waals surface area contributed by atoms with E-state index in [2.05, 4.69) is 34.6 Å². The van der Waals surface area contributed by atoms with Gasteiger partial charge in [-0.25, -0.2) is 9.13 Å². The Balaban J connectivity index is 5.10. The summed E-state index contributed by atoms with van der Waals surface area (Å²) in [5.74, 6) is -1.43. The largest absolute Gasteiger partial charge is 0.472 e. The van der Waals surface area contributed by atoms with Crippen molar-refractivity contribution in [3.8, 4) is 0 Å². The number of phosphoric acid groups is 2. The van der Waals surface area contributed by atoms with E-state index in [-0.39, 0.29) is 25.7 Å². The van der Waals surface area contributed by atoms with Gasteiger partial charge >= 0.3 is 39.5 Å². The van der Waals surface area contributed by atoms with E-state index in [0.29, 0.717) is 31.6 Å². The first-order valence-electron chi connectivity index (χ1n) is 39.6. The van der Waals surface area contributed by atoms with Gasteiger partial charge in [-0.2, -0.15) is 0 Å². The molecule has 2 unspecified atom stereocenters. The van der Waals surface area contributed by atoms with E-state index in [1.165, 1.54) is 218 Å². The maximum atomic E-state index is 13.1. The summed E-state index contributed by atoms with van der Waals surface area (Å²) in [6.45, 7) is 7.13. The van der Waals surface area contributed by atoms with E-state index in [9.17, 15) is 43.2 Å². The van der Waals surface area contributed by atoms with Crippen LogP contribution in [0.15, 0.2) is 0 Å². The van der Waals surface area contributed by atoms with E-state index in [1.54, 1.807) is 0 Å². The summed E-state index contributed by atoms with van der Waals surface area (Å²) in [5.41, 5.74) is 0. The fourth-order valence-electron chi connectivity index (χ4n) is 11.7. The number of esters is 4. The second-order valence-corrected chi connectivity index (χ2v) is 30.8. The summed E-state index contributed by atoms with van der Waals surface area (Å²) in [6, 6.07) is 0. The molecule has 17 nitrogen and oxygen atoms in total. The summed E-state index contributed by atoms with van der Waals surface area (Å²) in [5, 5.41) is 10.6. The van der Waals surface area contributed by atoms with Crippen LogP contribution in [-0.4, -0.2) is 96.7 Å². The van der Waals surface area contributed by atoms with Gasteiger partial charge in [0.25, 0.3) is 0 Å². The number of carbonyl (C=O) groups is 4. The average molecular weight is 1400 g/mol. The van der Waals surface area contributed by atoms with Gasteiger partial charge in [-0.3, -0.25) is 37.3 Å². The monoisotopic (exact) mass is 1400 g/mol. The summed E-state index contributed by atoms with van der Waals surface area (Å²) in [6.07, 6.45) is 59.1. The van der Waals surface area contributed by atoms with Gasteiger partial charge in [-0.1, -0.05) is 349 Å². The zero-order valence-corrected chi connectivity index (χ0v) is 63.6. The summed E-state index contributed by atoms with van der Waals surface area (Å²) in [4.78, 5) is 72.4. The Labute approximate surface area is 581 Å². The first-order chi connectivity index (χ1) is 46.0. The van der Waals surface area contributed by atoms with Crippen LogP contribution in [-0.2, 0) is 65.4 Å². The third kappa shape index (κ3) is 70.3. The number of ether oxygens (including phenoxy) is 4. The second-order valence-electron chi connectivity index (χ2n) is 27.9. The quantitative estimate of drug-likeness (QED) is 0.0222. The van der Waals surface area contributed by atoms with Gasteiger partial charge in [0.15, 0.2) is 12.2 Å². The molecular formula is C76H148O17P2. The Hall–Kier alpha value is -1.94. The lowest BCUT2D eigenvalue weighted by atomic mass is 10.0. The number of rotatable bonds is 76. The molecule has 564 valence electrons. The van der Waals surface area contributed by atoms with Crippen LogP contribution in [0.1, 0.15) is 401 Å². The van der Waals surface area contributed by atoms with Crippen molar-refractivity contribution < 1.29 is 80.2 Å². The third-order valence-corrected chi connectivity index (χ3v) is 19.7. The lowest BCUT2D eigenvalue weighted by molar-refractivity contribution is -0.161. The smallest absolute Gasteiger partial charge is 0.462 e. The highest BCUT2D eigenvalue weighted by Crippen LogP contribution is 2.45. The minimum Gasteiger partial charge on any atom is -0.462 e. The number of phosphoric ester groups is 2. The van der Waals surface area contributed by atoms with Crippen LogP contribution in [0.5, 0.6) is 0 Å². The SMILES string of the molecule is CCCCCCCCCCCCCCCCCCCCCCC(=O)OC[C@H](COP(=O)(O)OC[C@@H](O)COP(=O)(O)OC[C@@H](COC(=O)CCCCCCC)OC(=O)CCCCCCCCCC(C)C)OC(=O)CCCCCCCCCCCCCCCCCCCCCC. The van der Waals surface area contributed by atoms with Gasteiger partial charge in [0, 0.05) is 25.7 Å². The lowest BCUT2D eigenvalue weighted by Crippen LogP contribution is -2.30. The molecule has 0 aromatic carbocycles. The first kappa shape index (κ1) is 93.1. The average Bonchev–Trinajstić information content (AvgIpc) is 2.55. The summed E-state index contributed by atoms with van der Waals surface area (Å²) < 4.78 is 68.2. The van der Waals surface area contributed by atoms with Crippen LogP contribution in [0, 0.1) is 5.92 Å². The number of hydrogen-bond donors (Lipinski definition) is 3. The highest BCUT2D eigenvalue weighted by Gasteiger charge is 2.30. The molecule has 0 aliphatic carbocycles. The van der Waals surface area contributed by atoms with Crippen molar-refractivity contribution in [1.29, 1.82) is 0 Å². The van der Waals surface area contributed by atoms with Crippen molar-refractivity contribution in [2.24, 2.45) is 5.92 Å². The summed E-state index contributed by atoms with van der Waals surface area (Å²) >= 11 is 0. The molecule has 3 N–H and O–H groups in total. The Morgan fingerprint density at radius 2 is 0.484 bits per heavy atom. The highest BCUT2D eigenvalue weighted by atomic mass is 31.2. The Morgan fingerprint density at radius 1 is 0.284 bits per heavy atom. The van der Waals surface area contributed by atoms with Crippen molar-refractivity contribution in [2.75, 3.05) is 39.6 Å². The van der Waals surface area contributed by atoms with Crippen LogP contribution >= 0.6 is 15.6 Å². The van der Waals surface area contributed by atoms with Crippen LogP contribution in [0.2, 0.25) is 0 Å². The zero-order chi connectivity index (χ0) is 69.8. The molecule has 19 heteroatoms. The maximum Gasteiger partial charge on any atom is 0.472 e. The fraction of sp³-hybridized carbons (Fsp3) is 0.947. The molecule has 0 spiro atoms. The molecule has 0 amide bonds. The van der Waals surface area contributed by atoms with Gasteiger partial charge in [-0.15, -0.1) is 0 Å². The van der Waals surface area contributed by atoms with E-state index in [4.69, 9.17) is 37.0 Å². The molecule has 0 saturated heterocycles. The third-order valence-electron chi connectivity index (χ3n) is 17.8. The molecule has 0 bridgehead atoms. The molecule has 95 heavy (non-hydrogen) atoms. The second kappa shape index (κ2) is 69.2. The number of unbranched alkanes of at least 4 members (excludes halogenated alkanes) is 48.